The molecular formula is C21H20Cl2F6N2O2. The molecule has 0 radical (unpaired) electrons. The van der Waals surface area contributed by atoms with E-state index in [4.69, 9.17) is 23.2 Å². The lowest BCUT2D eigenvalue weighted by Gasteiger charge is -2.52. The maximum atomic E-state index is 14.7. The number of aliphatic hydroxyl groups is 1. The van der Waals surface area contributed by atoms with Crippen molar-refractivity contribution in [3.05, 3.63) is 57.1 Å². The Kier molecular flexibility index (Phi) is 6.78. The molecule has 182 valence electrons. The van der Waals surface area contributed by atoms with Crippen molar-refractivity contribution in [2.24, 2.45) is 5.41 Å². The van der Waals surface area contributed by atoms with E-state index in [0.717, 1.165) is 23.1 Å². The topological polar surface area (TPSA) is 52.6 Å². The van der Waals surface area contributed by atoms with Gasteiger partial charge in [-0.2, -0.15) is 26.3 Å². The van der Waals surface area contributed by atoms with E-state index in [1.54, 1.807) is 0 Å². The van der Waals surface area contributed by atoms with Gasteiger partial charge in [-0.05, 0) is 42.7 Å². The first-order valence-corrected chi connectivity index (χ1v) is 10.6. The second-order valence-corrected chi connectivity index (χ2v) is 8.95. The Morgan fingerprint density at radius 1 is 1.15 bits per heavy atom. The molecule has 1 aliphatic carbocycles. The zero-order valence-corrected chi connectivity index (χ0v) is 18.8. The number of carbonyl (C=O) groups excluding carboxylic acids is 1. The van der Waals surface area contributed by atoms with Gasteiger partial charge in [-0.15, -0.1) is 0 Å². The molecule has 4 nitrogen and oxygen atoms in total. The minimum Gasteiger partial charge on any atom is -0.396 e. The van der Waals surface area contributed by atoms with Gasteiger partial charge < -0.3 is 15.3 Å². The van der Waals surface area contributed by atoms with Crippen LogP contribution in [0.4, 0.5) is 31.1 Å². The Hall–Kier alpha value is -1.91. The lowest BCUT2D eigenvalue weighted by molar-refractivity contribution is -0.228. The smallest absolute Gasteiger partial charge is 0.396 e. The van der Waals surface area contributed by atoms with Crippen LogP contribution in [0.3, 0.4) is 0 Å². The minimum atomic E-state index is -5.19. The molecule has 2 N–H and O–H groups in total. The third-order valence-corrected chi connectivity index (χ3v) is 7.00. The van der Waals surface area contributed by atoms with Gasteiger partial charge in [0.05, 0.1) is 15.5 Å². The first kappa shape index (κ1) is 25.7. The molecule has 33 heavy (non-hydrogen) atoms. The van der Waals surface area contributed by atoms with Crippen LogP contribution in [-0.2, 0) is 5.41 Å². The van der Waals surface area contributed by atoms with Gasteiger partial charge in [-0.25, -0.2) is 4.79 Å². The molecule has 1 aliphatic heterocycles. The van der Waals surface area contributed by atoms with Crippen LogP contribution in [-0.4, -0.2) is 54.6 Å². The predicted octanol–water partition coefficient (Wildman–Crippen LogP) is 5.64. The number of allylic oxidation sites excluding steroid dienone is 2. The third kappa shape index (κ3) is 4.33. The van der Waals surface area contributed by atoms with Gasteiger partial charge in [-0.3, -0.25) is 0 Å². The highest BCUT2D eigenvalue weighted by Crippen LogP contribution is 2.63. The molecule has 1 aromatic rings. The summed E-state index contributed by atoms with van der Waals surface area (Å²) in [5.41, 5.74) is -8.05. The first-order chi connectivity index (χ1) is 15.2. The highest BCUT2D eigenvalue weighted by atomic mass is 35.5. The lowest BCUT2D eigenvalue weighted by atomic mass is 9.52. The highest BCUT2D eigenvalue weighted by Gasteiger charge is 2.68. The van der Waals surface area contributed by atoms with Crippen LogP contribution in [0, 0.1) is 5.41 Å². The number of hydrogen-bond donors (Lipinski definition) is 2. The monoisotopic (exact) mass is 516 g/mol. The summed E-state index contributed by atoms with van der Waals surface area (Å²) >= 11 is 11.8. The summed E-state index contributed by atoms with van der Waals surface area (Å²) in [6.07, 6.45) is -9.90. The molecule has 0 spiro atoms. The Labute approximate surface area is 195 Å². The molecule has 1 aromatic carbocycles. The van der Waals surface area contributed by atoms with Gasteiger partial charge in [0.1, 0.15) is 0 Å². The van der Waals surface area contributed by atoms with E-state index < -0.39 is 54.4 Å². The van der Waals surface area contributed by atoms with E-state index >= 15 is 0 Å². The molecular weight excluding hydrogens is 497 g/mol. The molecule has 0 aromatic heterocycles. The maximum absolute atomic E-state index is 14.7. The van der Waals surface area contributed by atoms with Crippen molar-refractivity contribution < 1.29 is 36.2 Å². The number of carbonyl (C=O) groups is 1. The van der Waals surface area contributed by atoms with Gasteiger partial charge in [0, 0.05) is 37.2 Å². The Morgan fingerprint density at radius 3 is 2.30 bits per heavy atom. The number of nitrogens with zero attached hydrogens (tertiary/aromatic N) is 1. The molecule has 2 atom stereocenters. The lowest BCUT2D eigenvalue weighted by Crippen LogP contribution is -2.57. The summed E-state index contributed by atoms with van der Waals surface area (Å²) in [7, 11) is 0. The van der Waals surface area contributed by atoms with Crippen molar-refractivity contribution in [2.45, 2.75) is 31.1 Å². The fraction of sp³-hybridized carbons (Fsp3) is 0.476. The summed E-state index contributed by atoms with van der Waals surface area (Å²) in [4.78, 5) is 13.0. The molecule has 2 unspecified atom stereocenters. The van der Waals surface area contributed by atoms with Crippen LogP contribution >= 0.6 is 23.2 Å². The quantitative estimate of drug-likeness (QED) is 0.498. The van der Waals surface area contributed by atoms with Gasteiger partial charge in [0.25, 0.3) is 0 Å². The molecule has 1 heterocycles. The SMILES string of the molecule is CC1(C(F)(F)F)C=C(CN2CCNC2=O)C=C(C(F)(F)F)C1(CCO)c1ccc(Cl)c(Cl)c1. The van der Waals surface area contributed by atoms with Crippen LogP contribution < -0.4 is 5.32 Å². The van der Waals surface area contributed by atoms with Crippen LogP contribution in [0.2, 0.25) is 10.0 Å². The molecule has 3 rings (SSSR count). The third-order valence-electron chi connectivity index (χ3n) is 6.26. The molecule has 12 heteroatoms. The van der Waals surface area contributed by atoms with Crippen LogP contribution in [0.15, 0.2) is 41.5 Å². The predicted molar refractivity (Wildman–Crippen MR) is 111 cm³/mol. The van der Waals surface area contributed by atoms with Crippen LogP contribution in [0.25, 0.3) is 0 Å². The van der Waals surface area contributed by atoms with E-state index in [1.165, 1.54) is 0 Å². The summed E-state index contributed by atoms with van der Waals surface area (Å²) in [6.45, 7) is -0.364. The molecule has 2 amide bonds. The Balaban J connectivity index is 2.34. The average molecular weight is 517 g/mol. The Bertz CT molecular complexity index is 1010. The van der Waals surface area contributed by atoms with Crippen molar-refractivity contribution in [3.8, 4) is 0 Å². The van der Waals surface area contributed by atoms with Crippen molar-refractivity contribution in [1.82, 2.24) is 10.2 Å². The average Bonchev–Trinajstić information content (AvgIpc) is 3.09. The maximum Gasteiger partial charge on any atom is 0.413 e. The number of amides is 2. The largest absolute Gasteiger partial charge is 0.413 e. The van der Waals surface area contributed by atoms with Crippen molar-refractivity contribution >= 4 is 29.2 Å². The minimum absolute atomic E-state index is 0.0436. The number of benzene rings is 1. The normalized spacial score (nSPS) is 26.2. The zero-order chi connectivity index (χ0) is 24.8. The number of alkyl halides is 6. The van der Waals surface area contributed by atoms with Crippen molar-refractivity contribution in [1.29, 1.82) is 0 Å². The molecule has 1 saturated heterocycles. The van der Waals surface area contributed by atoms with E-state index in [1.807, 2.05) is 0 Å². The van der Waals surface area contributed by atoms with E-state index in [9.17, 15) is 36.2 Å². The number of nitrogens with one attached hydrogen (secondary N) is 1. The Morgan fingerprint density at radius 2 is 1.82 bits per heavy atom. The summed E-state index contributed by atoms with van der Waals surface area (Å²) in [6, 6.07) is 2.57. The van der Waals surface area contributed by atoms with E-state index in [0.29, 0.717) is 19.1 Å². The highest BCUT2D eigenvalue weighted by molar-refractivity contribution is 6.42. The fourth-order valence-corrected chi connectivity index (χ4v) is 4.97. The zero-order valence-electron chi connectivity index (χ0n) is 17.2. The van der Waals surface area contributed by atoms with E-state index in [-0.39, 0.29) is 34.3 Å². The summed E-state index contributed by atoms with van der Waals surface area (Å²) < 4.78 is 87.3. The van der Waals surface area contributed by atoms with Crippen molar-refractivity contribution in [3.63, 3.8) is 0 Å². The number of urea groups is 1. The fourth-order valence-electron chi connectivity index (χ4n) is 4.67. The van der Waals surface area contributed by atoms with Gasteiger partial charge in [0.15, 0.2) is 0 Å². The summed E-state index contributed by atoms with van der Waals surface area (Å²) in [5, 5.41) is 11.9. The molecule has 0 bridgehead atoms. The van der Waals surface area contributed by atoms with Gasteiger partial charge in [-0.1, -0.05) is 35.3 Å². The molecule has 2 aliphatic rings. The molecule has 0 saturated carbocycles. The van der Waals surface area contributed by atoms with Crippen LogP contribution in [0.1, 0.15) is 18.9 Å². The van der Waals surface area contributed by atoms with Gasteiger partial charge in [0.2, 0.25) is 0 Å². The standard InChI is InChI=1S/C21H20Cl2F6N2O2/c1-18(21(27,28)29)10-12(11-31-6-5-30-17(31)33)8-16(20(24,25)26)19(18,4-7-32)13-2-3-14(22)15(23)9-13/h2-3,8-10,32H,4-7,11H2,1H3,(H,30,33). The van der Waals surface area contributed by atoms with Gasteiger partial charge >= 0.3 is 18.4 Å². The molecule has 1 fully saturated rings. The number of hydrogen-bond acceptors (Lipinski definition) is 2. The second kappa shape index (κ2) is 8.70. The van der Waals surface area contributed by atoms with E-state index in [2.05, 4.69) is 5.32 Å². The second-order valence-electron chi connectivity index (χ2n) is 8.14. The van der Waals surface area contributed by atoms with Crippen LogP contribution in [0.5, 0.6) is 0 Å². The number of halogens is 8. The summed E-state index contributed by atoms with van der Waals surface area (Å²) in [5.74, 6) is 0. The number of aliphatic hydroxyl groups excluding tert-OH is 1. The first-order valence-electron chi connectivity index (χ1n) is 9.84. The number of rotatable bonds is 5. The van der Waals surface area contributed by atoms with Crippen molar-refractivity contribution in [2.75, 3.05) is 26.2 Å².